The number of rotatable bonds is 2. The summed E-state index contributed by atoms with van der Waals surface area (Å²) >= 11 is 2.96. The minimum Gasteiger partial charge on any atom is -0.300 e. The van der Waals surface area contributed by atoms with E-state index in [9.17, 15) is 0 Å². The summed E-state index contributed by atoms with van der Waals surface area (Å²) in [5.41, 5.74) is 3.31. The molecule has 5 nitrogen and oxygen atoms in total. The molecule has 68 valence electrons. The van der Waals surface area contributed by atoms with Crippen molar-refractivity contribution in [3.63, 3.8) is 0 Å². The molecule has 0 spiro atoms. The van der Waals surface area contributed by atoms with Crippen LogP contribution in [0.1, 0.15) is 0 Å². The number of nitrogens with one attached hydrogen (secondary N) is 1. The molecule has 13 heavy (non-hydrogen) atoms. The van der Waals surface area contributed by atoms with Gasteiger partial charge >= 0.3 is 0 Å². The van der Waals surface area contributed by atoms with E-state index in [0.717, 1.165) is 15.4 Å². The third kappa shape index (κ3) is 1.45. The number of nitrogen functional groups attached to an aromatic ring is 1. The fourth-order valence-corrected chi connectivity index (χ4v) is 2.22. The third-order valence-electron chi connectivity index (χ3n) is 1.48. The van der Waals surface area contributed by atoms with Gasteiger partial charge in [-0.1, -0.05) is 11.3 Å². The Morgan fingerprint density at radius 3 is 3.08 bits per heavy atom. The van der Waals surface area contributed by atoms with E-state index in [1.165, 1.54) is 17.7 Å². The maximum atomic E-state index is 5.25. The summed E-state index contributed by atoms with van der Waals surface area (Å²) in [6.07, 6.45) is 3.49. The Labute approximate surface area is 82.8 Å². The van der Waals surface area contributed by atoms with Crippen molar-refractivity contribution in [3.05, 3.63) is 6.33 Å². The molecule has 0 radical (unpaired) electrons. The molecule has 0 bridgehead atoms. The Kier molecular flexibility index (Phi) is 2.30. The second-order valence-electron chi connectivity index (χ2n) is 2.20. The Bertz CT molecular complexity index is 426. The van der Waals surface area contributed by atoms with Crippen molar-refractivity contribution in [3.8, 4) is 0 Å². The van der Waals surface area contributed by atoms with E-state index in [1.807, 2.05) is 6.26 Å². The Hall–Kier alpha value is -0.920. The van der Waals surface area contributed by atoms with Gasteiger partial charge in [0.05, 0.1) is 0 Å². The van der Waals surface area contributed by atoms with Gasteiger partial charge in [0.2, 0.25) is 0 Å². The van der Waals surface area contributed by atoms with Gasteiger partial charge in [-0.25, -0.2) is 20.8 Å². The molecular formula is C6H7N5S2. The highest BCUT2D eigenvalue weighted by atomic mass is 32.2. The molecule has 0 saturated carbocycles. The zero-order valence-corrected chi connectivity index (χ0v) is 8.45. The van der Waals surface area contributed by atoms with Crippen molar-refractivity contribution in [1.82, 2.24) is 15.0 Å². The first-order chi connectivity index (χ1) is 6.35. The average molecular weight is 213 g/mol. The van der Waals surface area contributed by atoms with E-state index >= 15 is 0 Å². The summed E-state index contributed by atoms with van der Waals surface area (Å²) in [5, 5.41) is 1.54. The van der Waals surface area contributed by atoms with Crippen molar-refractivity contribution in [2.24, 2.45) is 5.84 Å². The normalized spacial score (nSPS) is 10.6. The van der Waals surface area contributed by atoms with E-state index in [2.05, 4.69) is 20.4 Å². The number of nitrogens with two attached hydrogens (primary N) is 1. The van der Waals surface area contributed by atoms with Gasteiger partial charge in [-0.2, -0.15) is 0 Å². The topological polar surface area (TPSA) is 76.7 Å². The standard InChI is InChI=1S/C6H7N5S2/c1-12-4-3-5(9-2-8-4)13-6(10-3)11-7/h2H,7H2,1H3,(H,10,11). The van der Waals surface area contributed by atoms with E-state index in [0.29, 0.717) is 5.13 Å². The number of nitrogens with zero attached hydrogens (tertiary/aromatic N) is 3. The number of hydrazine groups is 1. The van der Waals surface area contributed by atoms with E-state index in [4.69, 9.17) is 5.84 Å². The van der Waals surface area contributed by atoms with Gasteiger partial charge in [0.15, 0.2) is 5.13 Å². The lowest BCUT2D eigenvalue weighted by molar-refractivity contribution is 1.09. The van der Waals surface area contributed by atoms with Crippen molar-refractivity contribution in [2.45, 2.75) is 5.03 Å². The van der Waals surface area contributed by atoms with Gasteiger partial charge in [0.1, 0.15) is 21.7 Å². The molecule has 0 atom stereocenters. The van der Waals surface area contributed by atoms with Crippen LogP contribution in [0.25, 0.3) is 10.3 Å². The maximum absolute atomic E-state index is 5.25. The first kappa shape index (κ1) is 8.67. The predicted molar refractivity (Wildman–Crippen MR) is 54.8 cm³/mol. The highest BCUT2D eigenvalue weighted by molar-refractivity contribution is 7.98. The molecule has 0 unspecified atom stereocenters. The van der Waals surface area contributed by atoms with Gasteiger partial charge in [-0.3, -0.25) is 5.43 Å². The predicted octanol–water partition coefficient (Wildman–Crippen LogP) is 1.09. The van der Waals surface area contributed by atoms with Crippen LogP contribution in [-0.2, 0) is 0 Å². The number of thiazole rings is 1. The highest BCUT2D eigenvalue weighted by Gasteiger charge is 2.08. The second kappa shape index (κ2) is 3.44. The van der Waals surface area contributed by atoms with Crippen LogP contribution in [0.3, 0.4) is 0 Å². The number of hydrogen-bond acceptors (Lipinski definition) is 7. The van der Waals surface area contributed by atoms with Gasteiger partial charge in [0.25, 0.3) is 0 Å². The maximum Gasteiger partial charge on any atom is 0.199 e. The van der Waals surface area contributed by atoms with Gasteiger partial charge in [0, 0.05) is 0 Å². The molecule has 0 aliphatic carbocycles. The fourth-order valence-electron chi connectivity index (χ4n) is 0.945. The van der Waals surface area contributed by atoms with Crippen LogP contribution >= 0.6 is 23.1 Å². The number of hydrogen-bond donors (Lipinski definition) is 2. The van der Waals surface area contributed by atoms with Crippen LogP contribution in [0.2, 0.25) is 0 Å². The number of thioether (sulfide) groups is 1. The largest absolute Gasteiger partial charge is 0.300 e. The molecule has 0 aliphatic heterocycles. The molecule has 0 amide bonds. The monoisotopic (exact) mass is 213 g/mol. The highest BCUT2D eigenvalue weighted by Crippen LogP contribution is 2.28. The molecule has 7 heteroatoms. The summed E-state index contributed by atoms with van der Waals surface area (Å²) < 4.78 is 0. The Morgan fingerprint density at radius 1 is 1.54 bits per heavy atom. The van der Waals surface area contributed by atoms with Gasteiger partial charge in [-0.05, 0) is 6.26 Å². The summed E-state index contributed by atoms with van der Waals surface area (Å²) in [4.78, 5) is 13.3. The van der Waals surface area contributed by atoms with E-state index in [-0.39, 0.29) is 0 Å². The van der Waals surface area contributed by atoms with Crippen molar-refractivity contribution in [2.75, 3.05) is 11.7 Å². The fraction of sp³-hybridized carbons (Fsp3) is 0.167. The van der Waals surface area contributed by atoms with Gasteiger partial charge in [-0.15, -0.1) is 11.8 Å². The van der Waals surface area contributed by atoms with Crippen LogP contribution in [0.5, 0.6) is 0 Å². The molecule has 0 saturated heterocycles. The summed E-state index contributed by atoms with van der Waals surface area (Å²) in [5.74, 6) is 5.25. The number of aromatic nitrogens is 3. The zero-order chi connectivity index (χ0) is 9.26. The number of fused-ring (bicyclic) bond motifs is 1. The van der Waals surface area contributed by atoms with Crippen molar-refractivity contribution in [1.29, 1.82) is 0 Å². The summed E-state index contributed by atoms with van der Waals surface area (Å²) in [6.45, 7) is 0. The van der Waals surface area contributed by atoms with Crippen LogP contribution in [0, 0.1) is 0 Å². The minimum absolute atomic E-state index is 0.658. The van der Waals surface area contributed by atoms with Crippen molar-refractivity contribution >= 4 is 38.6 Å². The Morgan fingerprint density at radius 2 is 2.38 bits per heavy atom. The molecule has 2 heterocycles. The SMILES string of the molecule is CSc1ncnc2sc(NN)nc12. The Balaban J connectivity index is 2.67. The van der Waals surface area contributed by atoms with Crippen molar-refractivity contribution < 1.29 is 0 Å². The van der Waals surface area contributed by atoms with E-state index < -0.39 is 0 Å². The third-order valence-corrected chi connectivity index (χ3v) is 3.06. The molecule has 2 aromatic heterocycles. The zero-order valence-electron chi connectivity index (χ0n) is 6.81. The summed E-state index contributed by atoms with van der Waals surface area (Å²) in [7, 11) is 0. The molecule has 2 rings (SSSR count). The molecule has 0 aliphatic rings. The van der Waals surface area contributed by atoms with Crippen LogP contribution in [-0.4, -0.2) is 21.2 Å². The molecule has 2 aromatic rings. The average Bonchev–Trinajstić information content (AvgIpc) is 2.59. The quantitative estimate of drug-likeness (QED) is 0.336. The van der Waals surface area contributed by atoms with Crippen LogP contribution < -0.4 is 11.3 Å². The molecule has 0 fully saturated rings. The lowest BCUT2D eigenvalue weighted by Gasteiger charge is -1.92. The smallest absolute Gasteiger partial charge is 0.199 e. The second-order valence-corrected chi connectivity index (χ2v) is 3.97. The lowest BCUT2D eigenvalue weighted by atomic mass is 10.6. The number of anilines is 1. The summed E-state index contributed by atoms with van der Waals surface area (Å²) in [6, 6.07) is 0. The van der Waals surface area contributed by atoms with Crippen LogP contribution in [0.15, 0.2) is 11.4 Å². The minimum atomic E-state index is 0.658. The molecule has 0 aromatic carbocycles. The molecular weight excluding hydrogens is 206 g/mol. The van der Waals surface area contributed by atoms with E-state index in [1.54, 1.807) is 11.8 Å². The first-order valence-electron chi connectivity index (χ1n) is 3.47. The lowest BCUT2D eigenvalue weighted by Crippen LogP contribution is -2.05. The first-order valence-corrected chi connectivity index (χ1v) is 5.51. The van der Waals surface area contributed by atoms with Crippen LogP contribution in [0.4, 0.5) is 5.13 Å². The van der Waals surface area contributed by atoms with Gasteiger partial charge < -0.3 is 0 Å². The molecule has 3 N–H and O–H groups in total.